The molecule has 150 valence electrons. The summed E-state index contributed by atoms with van der Waals surface area (Å²) in [5.41, 5.74) is 3.12. The number of piperidine rings is 1. The number of hydrogen-bond donors (Lipinski definition) is 1. The summed E-state index contributed by atoms with van der Waals surface area (Å²) in [5.74, 6) is -0.654. The standard InChI is InChI=1S/C21H22N4O4/c1-13-3-5-15(6-4-13)19-18(22-12-29-19)20(26)24-9-7-16(8-10-24)25-14(2)17(11-23-25)21(27)28/h3-6,11-12,16H,7-10H2,1-2H3,(H,27,28). The fraction of sp³-hybridized carbons (Fsp3) is 0.333. The zero-order valence-electron chi connectivity index (χ0n) is 16.3. The summed E-state index contributed by atoms with van der Waals surface area (Å²) in [6.07, 6.45) is 4.09. The second kappa shape index (κ2) is 7.54. The molecule has 1 aromatic carbocycles. The topological polar surface area (TPSA) is 101 Å². The number of amides is 1. The lowest BCUT2D eigenvalue weighted by Gasteiger charge is -2.32. The molecule has 3 heterocycles. The highest BCUT2D eigenvalue weighted by atomic mass is 16.4. The van der Waals surface area contributed by atoms with Crippen LogP contribution in [0.3, 0.4) is 0 Å². The number of aromatic nitrogens is 3. The van der Waals surface area contributed by atoms with Crippen molar-refractivity contribution in [1.29, 1.82) is 0 Å². The average Bonchev–Trinajstić information content (AvgIpc) is 3.35. The SMILES string of the molecule is Cc1ccc(-c2ocnc2C(=O)N2CCC(n3ncc(C(=O)O)c3C)CC2)cc1. The molecular weight excluding hydrogens is 372 g/mol. The Morgan fingerprint density at radius 3 is 2.45 bits per heavy atom. The third-order valence-corrected chi connectivity index (χ3v) is 5.46. The zero-order valence-corrected chi connectivity index (χ0v) is 16.3. The third-order valence-electron chi connectivity index (χ3n) is 5.46. The molecule has 2 aromatic heterocycles. The van der Waals surface area contributed by atoms with E-state index >= 15 is 0 Å². The van der Waals surface area contributed by atoms with E-state index < -0.39 is 5.97 Å². The van der Waals surface area contributed by atoms with Crippen molar-refractivity contribution < 1.29 is 19.1 Å². The number of carboxylic acids is 1. The van der Waals surface area contributed by atoms with Gasteiger partial charge >= 0.3 is 5.97 Å². The van der Waals surface area contributed by atoms with Crippen LogP contribution < -0.4 is 0 Å². The number of rotatable bonds is 4. The Bertz CT molecular complexity index is 1040. The van der Waals surface area contributed by atoms with Crippen LogP contribution in [0.2, 0.25) is 0 Å². The van der Waals surface area contributed by atoms with Gasteiger partial charge in [-0.15, -0.1) is 0 Å². The minimum atomic E-state index is -0.976. The van der Waals surface area contributed by atoms with Crippen molar-refractivity contribution in [3.05, 3.63) is 59.4 Å². The van der Waals surface area contributed by atoms with Crippen LogP contribution in [0.4, 0.5) is 0 Å². The number of aromatic carboxylic acids is 1. The molecule has 4 rings (SSSR count). The molecule has 1 fully saturated rings. The Labute approximate surface area is 167 Å². The molecule has 0 aliphatic carbocycles. The first-order chi connectivity index (χ1) is 14.0. The van der Waals surface area contributed by atoms with Crippen molar-refractivity contribution in [2.75, 3.05) is 13.1 Å². The van der Waals surface area contributed by atoms with Crippen molar-refractivity contribution >= 4 is 11.9 Å². The van der Waals surface area contributed by atoms with E-state index in [1.165, 1.54) is 12.6 Å². The molecule has 0 atom stereocenters. The summed E-state index contributed by atoms with van der Waals surface area (Å²) in [6.45, 7) is 4.86. The van der Waals surface area contributed by atoms with Gasteiger partial charge in [-0.05, 0) is 26.7 Å². The Kier molecular flexibility index (Phi) is 4.92. The van der Waals surface area contributed by atoms with Crippen molar-refractivity contribution in [3.8, 4) is 11.3 Å². The van der Waals surface area contributed by atoms with Crippen LogP contribution in [0.1, 0.15) is 51.0 Å². The Balaban J connectivity index is 1.47. The Hall–Kier alpha value is -3.42. The lowest BCUT2D eigenvalue weighted by molar-refractivity contribution is 0.0683. The fourth-order valence-electron chi connectivity index (χ4n) is 3.77. The van der Waals surface area contributed by atoms with Crippen LogP contribution in [-0.2, 0) is 0 Å². The second-order valence-corrected chi connectivity index (χ2v) is 7.31. The van der Waals surface area contributed by atoms with Gasteiger partial charge in [0.05, 0.1) is 17.9 Å². The molecule has 0 spiro atoms. The van der Waals surface area contributed by atoms with Gasteiger partial charge in [0.25, 0.3) is 5.91 Å². The predicted molar refractivity (Wildman–Crippen MR) is 105 cm³/mol. The van der Waals surface area contributed by atoms with Gasteiger partial charge in [0.15, 0.2) is 17.8 Å². The fourth-order valence-corrected chi connectivity index (χ4v) is 3.77. The highest BCUT2D eigenvalue weighted by molar-refractivity contribution is 5.97. The van der Waals surface area contributed by atoms with E-state index in [1.807, 2.05) is 31.2 Å². The monoisotopic (exact) mass is 394 g/mol. The zero-order chi connectivity index (χ0) is 20.5. The highest BCUT2D eigenvalue weighted by Gasteiger charge is 2.29. The van der Waals surface area contributed by atoms with E-state index in [0.717, 1.165) is 11.1 Å². The molecule has 0 radical (unpaired) electrons. The van der Waals surface area contributed by atoms with E-state index in [2.05, 4.69) is 10.1 Å². The molecule has 1 aliphatic rings. The van der Waals surface area contributed by atoms with E-state index in [4.69, 9.17) is 4.42 Å². The maximum absolute atomic E-state index is 13.0. The molecule has 8 heteroatoms. The first-order valence-electron chi connectivity index (χ1n) is 9.53. The molecule has 1 amide bonds. The molecule has 1 N–H and O–H groups in total. The largest absolute Gasteiger partial charge is 0.478 e. The number of likely N-dealkylation sites (tertiary alicyclic amines) is 1. The van der Waals surface area contributed by atoms with Crippen molar-refractivity contribution in [2.24, 2.45) is 0 Å². The van der Waals surface area contributed by atoms with Crippen LogP contribution >= 0.6 is 0 Å². The van der Waals surface area contributed by atoms with Crippen molar-refractivity contribution in [3.63, 3.8) is 0 Å². The number of oxazole rings is 1. The number of carbonyl (C=O) groups is 2. The second-order valence-electron chi connectivity index (χ2n) is 7.31. The number of carboxylic acid groups (broad SMARTS) is 1. The molecule has 0 unspecified atom stereocenters. The smallest absolute Gasteiger partial charge is 0.339 e. The van der Waals surface area contributed by atoms with Gasteiger partial charge in [0.2, 0.25) is 0 Å². The van der Waals surface area contributed by atoms with Gasteiger partial charge in [-0.3, -0.25) is 9.48 Å². The summed E-state index contributed by atoms with van der Waals surface area (Å²) >= 11 is 0. The number of nitrogens with zero attached hydrogens (tertiary/aromatic N) is 4. The van der Waals surface area contributed by atoms with Crippen molar-refractivity contribution in [2.45, 2.75) is 32.7 Å². The van der Waals surface area contributed by atoms with Gasteiger partial charge in [-0.25, -0.2) is 9.78 Å². The van der Waals surface area contributed by atoms with E-state index in [0.29, 0.717) is 43.1 Å². The lowest BCUT2D eigenvalue weighted by Crippen LogP contribution is -2.39. The average molecular weight is 394 g/mol. The third kappa shape index (κ3) is 3.53. The van der Waals surface area contributed by atoms with Gasteiger partial charge in [-0.2, -0.15) is 5.10 Å². The Morgan fingerprint density at radius 2 is 1.83 bits per heavy atom. The van der Waals surface area contributed by atoms with Crippen LogP contribution in [0.25, 0.3) is 11.3 Å². The maximum atomic E-state index is 13.0. The maximum Gasteiger partial charge on any atom is 0.339 e. The van der Waals surface area contributed by atoms with E-state index in [1.54, 1.807) is 16.5 Å². The van der Waals surface area contributed by atoms with Crippen LogP contribution in [0.5, 0.6) is 0 Å². The van der Waals surface area contributed by atoms with E-state index in [-0.39, 0.29) is 17.5 Å². The van der Waals surface area contributed by atoms with Crippen LogP contribution in [0, 0.1) is 13.8 Å². The minimum absolute atomic E-state index is 0.0704. The highest BCUT2D eigenvalue weighted by Crippen LogP contribution is 2.28. The number of hydrogen-bond acceptors (Lipinski definition) is 5. The summed E-state index contributed by atoms with van der Waals surface area (Å²) in [5, 5.41) is 13.5. The van der Waals surface area contributed by atoms with Crippen molar-refractivity contribution in [1.82, 2.24) is 19.7 Å². The summed E-state index contributed by atoms with van der Waals surface area (Å²) in [7, 11) is 0. The molecule has 0 bridgehead atoms. The number of aryl methyl sites for hydroxylation is 1. The first kappa shape index (κ1) is 18.9. The molecule has 1 saturated heterocycles. The summed E-state index contributed by atoms with van der Waals surface area (Å²) in [6, 6.07) is 7.84. The summed E-state index contributed by atoms with van der Waals surface area (Å²) in [4.78, 5) is 30.2. The lowest BCUT2D eigenvalue weighted by atomic mass is 10.0. The normalized spacial score (nSPS) is 14.9. The molecule has 3 aromatic rings. The number of carbonyl (C=O) groups excluding carboxylic acids is 1. The van der Waals surface area contributed by atoms with Gasteiger partial charge in [0, 0.05) is 18.7 Å². The predicted octanol–water partition coefficient (Wildman–Crippen LogP) is 3.33. The minimum Gasteiger partial charge on any atom is -0.478 e. The van der Waals surface area contributed by atoms with Gasteiger partial charge in [-0.1, -0.05) is 29.8 Å². The first-order valence-corrected chi connectivity index (χ1v) is 9.53. The molecule has 0 saturated carbocycles. The molecular formula is C21H22N4O4. The molecule has 29 heavy (non-hydrogen) atoms. The Morgan fingerprint density at radius 1 is 1.14 bits per heavy atom. The summed E-state index contributed by atoms with van der Waals surface area (Å²) < 4.78 is 7.27. The quantitative estimate of drug-likeness (QED) is 0.728. The van der Waals surface area contributed by atoms with Crippen LogP contribution in [0.15, 0.2) is 41.3 Å². The van der Waals surface area contributed by atoms with Gasteiger partial charge < -0.3 is 14.4 Å². The van der Waals surface area contributed by atoms with Gasteiger partial charge in [0.1, 0.15) is 5.56 Å². The van der Waals surface area contributed by atoms with Crippen LogP contribution in [-0.4, -0.2) is 49.7 Å². The molecule has 1 aliphatic heterocycles. The molecule has 8 nitrogen and oxygen atoms in total. The van der Waals surface area contributed by atoms with E-state index in [9.17, 15) is 14.7 Å². The number of benzene rings is 1.